The molecule has 0 spiro atoms. The van der Waals surface area contributed by atoms with Gasteiger partial charge in [0.1, 0.15) is 0 Å². The largest absolute Gasteiger partial charge is 0.320 e. The zero-order chi connectivity index (χ0) is 22.7. The molecule has 2 nitrogen and oxygen atoms in total. The molecular weight excluding hydrogens is 416 g/mol. The van der Waals surface area contributed by atoms with Crippen molar-refractivity contribution in [3.05, 3.63) is 119 Å². The Morgan fingerprint density at radius 1 is 0.576 bits per heavy atom. The first-order valence-electron chi connectivity index (χ1n) is 11.9. The predicted octanol–water partition coefficient (Wildman–Crippen LogP) is 7.76. The van der Waals surface area contributed by atoms with Gasteiger partial charge >= 0.3 is 0 Å². The standard InChI is InChI=1S/C30H30N2Si/c1-21-19-23-15-17-31(25-11-7-5-8-12-25)27(23)29(21)33(3,4)30-22(2)20-24-16-18-32(28(24)30)26-13-9-6-10-14-26/h5-20,29-30H,1-4H3. The maximum absolute atomic E-state index is 2.60. The van der Waals surface area contributed by atoms with E-state index in [2.05, 4.69) is 133 Å². The van der Waals surface area contributed by atoms with Crippen LogP contribution in [-0.2, 0) is 0 Å². The summed E-state index contributed by atoms with van der Waals surface area (Å²) in [4.78, 5) is 0. The number of para-hydroxylation sites is 2. The molecule has 33 heavy (non-hydrogen) atoms. The van der Waals surface area contributed by atoms with Crippen LogP contribution in [0.1, 0.15) is 47.4 Å². The van der Waals surface area contributed by atoms with Crippen molar-refractivity contribution in [1.82, 2.24) is 9.13 Å². The number of hydrogen-bond donors (Lipinski definition) is 0. The van der Waals surface area contributed by atoms with Crippen LogP contribution in [0.5, 0.6) is 0 Å². The second-order valence-electron chi connectivity index (χ2n) is 10.2. The summed E-state index contributed by atoms with van der Waals surface area (Å²) in [5.41, 5.74) is 12.2. The Bertz CT molecular complexity index is 1290. The minimum Gasteiger partial charge on any atom is -0.320 e. The van der Waals surface area contributed by atoms with Gasteiger partial charge in [0, 0.05) is 46.2 Å². The molecule has 0 amide bonds. The minimum atomic E-state index is -1.90. The lowest BCUT2D eigenvalue weighted by molar-refractivity contribution is 0.855. The van der Waals surface area contributed by atoms with Crippen LogP contribution in [0.25, 0.3) is 23.5 Å². The molecule has 0 bridgehead atoms. The first kappa shape index (κ1) is 20.3. The van der Waals surface area contributed by atoms with Crippen LogP contribution in [-0.4, -0.2) is 17.2 Å². The van der Waals surface area contributed by atoms with Crippen molar-refractivity contribution in [3.8, 4) is 11.4 Å². The van der Waals surface area contributed by atoms with Crippen LogP contribution in [0.4, 0.5) is 0 Å². The van der Waals surface area contributed by atoms with Crippen LogP contribution in [0.2, 0.25) is 13.1 Å². The predicted molar refractivity (Wildman–Crippen MR) is 142 cm³/mol. The van der Waals surface area contributed by atoms with E-state index in [1.165, 1.54) is 45.0 Å². The van der Waals surface area contributed by atoms with Gasteiger partial charge in [0.05, 0.1) is 8.07 Å². The molecule has 2 aromatic heterocycles. The van der Waals surface area contributed by atoms with E-state index in [1.807, 2.05) is 0 Å². The highest BCUT2D eigenvalue weighted by Gasteiger charge is 2.49. The van der Waals surface area contributed by atoms with E-state index in [4.69, 9.17) is 0 Å². The summed E-state index contributed by atoms with van der Waals surface area (Å²) >= 11 is 0. The average Bonchev–Trinajstić information content (AvgIpc) is 3.54. The van der Waals surface area contributed by atoms with E-state index < -0.39 is 8.07 Å². The van der Waals surface area contributed by atoms with Crippen molar-refractivity contribution in [3.63, 3.8) is 0 Å². The fraction of sp³-hybridized carbons (Fsp3) is 0.200. The Balaban J connectivity index is 1.49. The molecule has 6 rings (SSSR count). The van der Waals surface area contributed by atoms with Gasteiger partial charge in [-0.1, -0.05) is 72.8 Å². The summed E-state index contributed by atoms with van der Waals surface area (Å²) in [6, 6.07) is 26.2. The van der Waals surface area contributed by atoms with Crippen LogP contribution < -0.4 is 0 Å². The topological polar surface area (TPSA) is 9.86 Å². The third-order valence-corrected chi connectivity index (χ3v) is 12.1. The van der Waals surface area contributed by atoms with E-state index in [0.717, 1.165) is 0 Å². The third-order valence-electron chi connectivity index (χ3n) is 7.70. The Morgan fingerprint density at radius 2 is 0.970 bits per heavy atom. The van der Waals surface area contributed by atoms with Gasteiger partial charge in [0.15, 0.2) is 0 Å². The molecular formula is C30H30N2Si. The van der Waals surface area contributed by atoms with Gasteiger partial charge in [0.25, 0.3) is 0 Å². The van der Waals surface area contributed by atoms with Crippen molar-refractivity contribution in [1.29, 1.82) is 0 Å². The van der Waals surface area contributed by atoms with E-state index in [0.29, 0.717) is 11.1 Å². The van der Waals surface area contributed by atoms with Crippen molar-refractivity contribution < 1.29 is 0 Å². The Morgan fingerprint density at radius 3 is 1.36 bits per heavy atom. The molecule has 3 heteroatoms. The van der Waals surface area contributed by atoms with Gasteiger partial charge in [-0.05, 0) is 61.4 Å². The van der Waals surface area contributed by atoms with Gasteiger partial charge in [0.2, 0.25) is 0 Å². The first-order valence-corrected chi connectivity index (χ1v) is 15.0. The number of allylic oxidation sites excluding steroid dienone is 2. The lowest BCUT2D eigenvalue weighted by atomic mass is 10.2. The lowest BCUT2D eigenvalue weighted by Crippen LogP contribution is -2.43. The summed E-state index contributed by atoms with van der Waals surface area (Å²) in [7, 11) is -1.90. The van der Waals surface area contributed by atoms with Crippen LogP contribution in [0.15, 0.2) is 96.3 Å². The smallest absolute Gasteiger partial charge is 0.0760 e. The van der Waals surface area contributed by atoms with E-state index in [-0.39, 0.29) is 0 Å². The fourth-order valence-corrected chi connectivity index (χ4v) is 11.4. The molecule has 2 unspecified atom stereocenters. The molecule has 0 radical (unpaired) electrons. The van der Waals surface area contributed by atoms with E-state index in [9.17, 15) is 0 Å². The normalized spacial score (nSPS) is 19.3. The van der Waals surface area contributed by atoms with Gasteiger partial charge < -0.3 is 9.13 Å². The number of fused-ring (bicyclic) bond motifs is 2. The van der Waals surface area contributed by atoms with E-state index >= 15 is 0 Å². The molecule has 2 atom stereocenters. The molecule has 0 fully saturated rings. The summed E-state index contributed by atoms with van der Waals surface area (Å²) < 4.78 is 4.87. The van der Waals surface area contributed by atoms with Gasteiger partial charge in [-0.3, -0.25) is 0 Å². The number of hydrogen-bond acceptors (Lipinski definition) is 0. The van der Waals surface area contributed by atoms with Crippen molar-refractivity contribution in [2.24, 2.45) is 0 Å². The van der Waals surface area contributed by atoms with Crippen molar-refractivity contribution in [2.45, 2.75) is 38.0 Å². The number of nitrogens with zero attached hydrogens (tertiary/aromatic N) is 2. The lowest BCUT2D eigenvalue weighted by Gasteiger charge is -2.39. The molecule has 2 aliphatic carbocycles. The van der Waals surface area contributed by atoms with Crippen LogP contribution in [0, 0.1) is 0 Å². The van der Waals surface area contributed by atoms with Gasteiger partial charge in [-0.15, -0.1) is 0 Å². The van der Waals surface area contributed by atoms with Gasteiger partial charge in [-0.2, -0.15) is 0 Å². The second-order valence-corrected chi connectivity index (χ2v) is 15.0. The maximum Gasteiger partial charge on any atom is 0.0760 e. The van der Waals surface area contributed by atoms with Crippen molar-refractivity contribution in [2.75, 3.05) is 0 Å². The minimum absolute atomic E-state index is 0.473. The molecule has 0 N–H and O–H groups in total. The summed E-state index contributed by atoms with van der Waals surface area (Å²) in [6.07, 6.45) is 9.38. The highest BCUT2D eigenvalue weighted by atomic mass is 28.3. The highest BCUT2D eigenvalue weighted by molar-refractivity contribution is 6.81. The van der Waals surface area contributed by atoms with E-state index in [1.54, 1.807) is 0 Å². The summed E-state index contributed by atoms with van der Waals surface area (Å²) in [6.45, 7) is 9.90. The molecule has 0 saturated heterocycles. The molecule has 2 heterocycles. The quantitative estimate of drug-likeness (QED) is 0.284. The Labute approximate surface area is 197 Å². The molecule has 0 aliphatic heterocycles. The monoisotopic (exact) mass is 446 g/mol. The summed E-state index contributed by atoms with van der Waals surface area (Å²) in [5, 5.41) is 0. The number of rotatable bonds is 4. The summed E-state index contributed by atoms with van der Waals surface area (Å²) in [5.74, 6) is 0. The number of aromatic nitrogens is 2. The van der Waals surface area contributed by atoms with Gasteiger partial charge in [-0.25, -0.2) is 0 Å². The third kappa shape index (κ3) is 2.99. The maximum atomic E-state index is 2.60. The second kappa shape index (κ2) is 7.36. The highest BCUT2D eigenvalue weighted by Crippen LogP contribution is 2.53. The zero-order valence-corrected chi connectivity index (χ0v) is 20.8. The molecule has 2 aliphatic rings. The first-order chi connectivity index (χ1) is 16.0. The van der Waals surface area contributed by atoms with Crippen LogP contribution >= 0.6 is 0 Å². The Kier molecular flexibility index (Phi) is 4.53. The van der Waals surface area contributed by atoms with Crippen LogP contribution in [0.3, 0.4) is 0 Å². The fourth-order valence-electron chi connectivity index (χ4n) is 6.54. The van der Waals surface area contributed by atoms with Crippen molar-refractivity contribution >= 4 is 20.2 Å². The molecule has 164 valence electrons. The Hall–Kier alpha value is -3.30. The molecule has 0 saturated carbocycles. The molecule has 4 aromatic rings. The zero-order valence-electron chi connectivity index (χ0n) is 19.8. The molecule has 2 aromatic carbocycles. The average molecular weight is 447 g/mol. The SMILES string of the molecule is CC1=Cc2ccn(-c3ccccc3)c2C1[Si](C)(C)C1C(C)=Cc2ccn(-c3ccccc3)c21. The number of benzene rings is 2.